The molecule has 8 nitrogen and oxygen atoms in total. The number of carbonyl (C=O) groups excluding carboxylic acids is 1. The van der Waals surface area contributed by atoms with Gasteiger partial charge in [0.2, 0.25) is 11.7 Å². The van der Waals surface area contributed by atoms with Crippen molar-refractivity contribution >= 4 is 22.6 Å². The Labute approximate surface area is 241 Å². The molecule has 1 saturated heterocycles. The molecule has 0 radical (unpaired) electrons. The van der Waals surface area contributed by atoms with Gasteiger partial charge >= 0.3 is 5.56 Å². The summed E-state index contributed by atoms with van der Waals surface area (Å²) in [6, 6.07) is 11.7. The van der Waals surface area contributed by atoms with Gasteiger partial charge in [-0.2, -0.15) is 0 Å². The second kappa shape index (κ2) is 10.3. The third-order valence-electron chi connectivity index (χ3n) is 8.07. The van der Waals surface area contributed by atoms with E-state index in [0.29, 0.717) is 29.9 Å². The fourth-order valence-corrected chi connectivity index (χ4v) is 6.04. The molecule has 4 aromatic rings. The van der Waals surface area contributed by atoms with Gasteiger partial charge < -0.3 is 19.6 Å². The lowest BCUT2D eigenvalue weighted by Gasteiger charge is -2.48. The standard InChI is InChI=1S/C32H30F2N4O4/c1-5-26(40)36-15-19-16-42-30-29(37(19)14-18(36)4)21-13-23(34)28(27-22(33)10-8-12-25(27)39)35-31(21)38(32(30)41)24-11-7-6-9-20(24)17(2)3/h5-13,17-19,39H,1,14-16H2,2-4H3/t18-,19-/m1/s1. The topological polar surface area (TPSA) is 87.9 Å². The number of piperazine rings is 1. The molecule has 1 amide bonds. The maximum absolute atomic E-state index is 15.9. The number of nitrogens with zero attached hydrogens (tertiary/aromatic N) is 4. The quantitative estimate of drug-likeness (QED) is 0.341. The summed E-state index contributed by atoms with van der Waals surface area (Å²) >= 11 is 0. The molecule has 2 aliphatic heterocycles. The Bertz CT molecular complexity index is 1800. The summed E-state index contributed by atoms with van der Waals surface area (Å²) in [5.74, 6) is -2.33. The van der Waals surface area contributed by atoms with Gasteiger partial charge in [-0.05, 0) is 48.7 Å². The van der Waals surface area contributed by atoms with E-state index in [1.165, 1.54) is 28.8 Å². The van der Waals surface area contributed by atoms with Crippen LogP contribution in [0.3, 0.4) is 0 Å². The van der Waals surface area contributed by atoms with E-state index < -0.39 is 34.2 Å². The number of aromatic nitrogens is 2. The van der Waals surface area contributed by atoms with E-state index >= 15 is 4.39 Å². The Hall–Kier alpha value is -4.73. The summed E-state index contributed by atoms with van der Waals surface area (Å²) in [6.45, 7) is 10.3. The van der Waals surface area contributed by atoms with E-state index in [1.807, 2.05) is 37.8 Å². The van der Waals surface area contributed by atoms with Gasteiger partial charge in [-0.15, -0.1) is 0 Å². The Morgan fingerprint density at radius 2 is 1.90 bits per heavy atom. The second-order valence-corrected chi connectivity index (χ2v) is 11.0. The highest BCUT2D eigenvalue weighted by Crippen LogP contribution is 2.42. The Morgan fingerprint density at radius 3 is 2.62 bits per heavy atom. The molecule has 0 saturated carbocycles. The lowest BCUT2D eigenvalue weighted by Crippen LogP contribution is -2.62. The molecule has 216 valence electrons. The first kappa shape index (κ1) is 27.4. The number of carbonyl (C=O) groups is 1. The summed E-state index contributed by atoms with van der Waals surface area (Å²) in [6.07, 6.45) is 1.27. The second-order valence-electron chi connectivity index (χ2n) is 11.0. The van der Waals surface area contributed by atoms with Crippen LogP contribution in [0.25, 0.3) is 28.0 Å². The number of fused-ring (bicyclic) bond motifs is 5. The molecule has 10 heteroatoms. The minimum absolute atomic E-state index is 0.0244. The number of aromatic hydroxyl groups is 1. The fraction of sp³-hybridized carbons (Fsp3) is 0.281. The molecule has 2 aromatic carbocycles. The molecular weight excluding hydrogens is 542 g/mol. The largest absolute Gasteiger partial charge is 0.507 e. The number of ether oxygens (including phenoxy) is 1. The molecule has 0 bridgehead atoms. The van der Waals surface area contributed by atoms with E-state index in [2.05, 4.69) is 11.6 Å². The molecular formula is C32H30F2N4O4. The van der Waals surface area contributed by atoms with E-state index in [0.717, 1.165) is 11.6 Å². The SMILES string of the molecule is C=CC(=O)N1C[C@@H]2COc3c(c4cc(F)c(-c5c(O)cccc5F)nc4n(-c4ccccc4C(C)C)c3=O)N2C[C@H]1C. The third kappa shape index (κ3) is 4.20. The number of hydrogen-bond acceptors (Lipinski definition) is 6. The Morgan fingerprint density at radius 1 is 1.14 bits per heavy atom. The zero-order valence-electron chi connectivity index (χ0n) is 23.5. The summed E-state index contributed by atoms with van der Waals surface area (Å²) in [7, 11) is 0. The lowest BCUT2D eigenvalue weighted by atomic mass is 9.99. The average Bonchev–Trinajstić information content (AvgIpc) is 2.97. The minimum Gasteiger partial charge on any atom is -0.507 e. The predicted molar refractivity (Wildman–Crippen MR) is 156 cm³/mol. The number of halogens is 2. The van der Waals surface area contributed by atoms with Crippen molar-refractivity contribution < 1.29 is 23.4 Å². The smallest absolute Gasteiger partial charge is 0.301 e. The van der Waals surface area contributed by atoms with Gasteiger partial charge in [0, 0.05) is 24.5 Å². The van der Waals surface area contributed by atoms with Crippen LogP contribution in [0.2, 0.25) is 0 Å². The van der Waals surface area contributed by atoms with Crippen molar-refractivity contribution in [1.29, 1.82) is 0 Å². The Balaban J connectivity index is 1.68. The van der Waals surface area contributed by atoms with E-state index in [9.17, 15) is 19.1 Å². The van der Waals surface area contributed by atoms with E-state index in [1.54, 1.807) is 17.0 Å². The minimum atomic E-state index is -0.872. The van der Waals surface area contributed by atoms with Crippen LogP contribution in [-0.4, -0.2) is 57.2 Å². The van der Waals surface area contributed by atoms with E-state index in [4.69, 9.17) is 4.74 Å². The summed E-state index contributed by atoms with van der Waals surface area (Å²) in [5, 5.41) is 10.8. The van der Waals surface area contributed by atoms with Gasteiger partial charge in [-0.1, -0.05) is 44.7 Å². The van der Waals surface area contributed by atoms with Crippen molar-refractivity contribution in [2.75, 3.05) is 24.6 Å². The highest BCUT2D eigenvalue weighted by atomic mass is 19.1. The van der Waals surface area contributed by atoms with Gasteiger partial charge in [0.1, 0.15) is 23.9 Å². The first-order chi connectivity index (χ1) is 20.1. The number of rotatable bonds is 4. The molecule has 2 atom stereocenters. The van der Waals surface area contributed by atoms with Crippen LogP contribution < -0.4 is 15.2 Å². The van der Waals surface area contributed by atoms with Crippen LogP contribution in [0, 0.1) is 11.6 Å². The van der Waals surface area contributed by atoms with Crippen molar-refractivity contribution in [3.8, 4) is 28.4 Å². The number of phenols is 1. The highest BCUT2D eigenvalue weighted by Gasteiger charge is 2.40. The van der Waals surface area contributed by atoms with Gasteiger partial charge in [-0.3, -0.25) is 14.2 Å². The first-order valence-electron chi connectivity index (χ1n) is 13.8. The number of para-hydroxylation sites is 1. The number of phenolic OH excluding ortho intramolecular Hbond substituents is 1. The maximum atomic E-state index is 15.9. The number of pyridine rings is 2. The van der Waals surface area contributed by atoms with Crippen LogP contribution in [0.15, 0.2) is 66.0 Å². The van der Waals surface area contributed by atoms with Crippen molar-refractivity contribution in [2.24, 2.45) is 0 Å². The van der Waals surface area contributed by atoms with Crippen LogP contribution in [0.4, 0.5) is 14.5 Å². The number of hydrogen-bond donors (Lipinski definition) is 1. The fourth-order valence-electron chi connectivity index (χ4n) is 6.04. The molecule has 1 N–H and O–H groups in total. The number of anilines is 1. The maximum Gasteiger partial charge on any atom is 0.301 e. The Kier molecular flexibility index (Phi) is 6.71. The van der Waals surface area contributed by atoms with Crippen LogP contribution in [0.1, 0.15) is 32.3 Å². The van der Waals surface area contributed by atoms with Gasteiger partial charge in [0.05, 0.1) is 23.0 Å². The number of benzene rings is 2. The van der Waals surface area contributed by atoms with Crippen molar-refractivity contribution in [3.63, 3.8) is 0 Å². The molecule has 2 aliphatic rings. The lowest BCUT2D eigenvalue weighted by molar-refractivity contribution is -0.129. The van der Waals surface area contributed by atoms with Crippen molar-refractivity contribution in [2.45, 2.75) is 38.8 Å². The van der Waals surface area contributed by atoms with Crippen molar-refractivity contribution in [1.82, 2.24) is 14.5 Å². The first-order valence-corrected chi connectivity index (χ1v) is 13.8. The molecule has 2 aromatic heterocycles. The van der Waals surface area contributed by atoms with Gasteiger partial charge in [0.15, 0.2) is 11.5 Å². The molecule has 0 unspecified atom stereocenters. The third-order valence-corrected chi connectivity index (χ3v) is 8.07. The van der Waals surface area contributed by atoms with Gasteiger partial charge in [-0.25, -0.2) is 13.8 Å². The average molecular weight is 573 g/mol. The number of amides is 1. The summed E-state index contributed by atoms with van der Waals surface area (Å²) in [4.78, 5) is 35.1. The molecule has 1 fully saturated rings. The van der Waals surface area contributed by atoms with Gasteiger partial charge in [0.25, 0.3) is 0 Å². The zero-order chi connectivity index (χ0) is 29.9. The van der Waals surface area contributed by atoms with E-state index in [-0.39, 0.29) is 41.9 Å². The molecule has 6 rings (SSSR count). The molecule has 4 heterocycles. The van der Waals surface area contributed by atoms with Crippen LogP contribution in [-0.2, 0) is 4.79 Å². The molecule has 0 spiro atoms. The van der Waals surface area contributed by atoms with Crippen LogP contribution >= 0.6 is 0 Å². The molecule has 0 aliphatic carbocycles. The summed E-state index contributed by atoms with van der Waals surface area (Å²) in [5.41, 5.74) is 0.533. The predicted octanol–water partition coefficient (Wildman–Crippen LogP) is 5.14. The molecule has 42 heavy (non-hydrogen) atoms. The highest BCUT2D eigenvalue weighted by molar-refractivity contribution is 5.96. The van der Waals surface area contributed by atoms with Crippen LogP contribution in [0.5, 0.6) is 11.5 Å². The summed E-state index contributed by atoms with van der Waals surface area (Å²) < 4.78 is 38.4. The normalized spacial score (nSPS) is 18.0. The monoisotopic (exact) mass is 572 g/mol. The van der Waals surface area contributed by atoms with Crippen molar-refractivity contribution in [3.05, 3.63) is 88.7 Å². The zero-order valence-corrected chi connectivity index (χ0v) is 23.5.